The van der Waals surface area contributed by atoms with Crippen LogP contribution in [0.4, 0.5) is 15.8 Å². The highest BCUT2D eigenvalue weighted by atomic mass is 19.1. The summed E-state index contributed by atoms with van der Waals surface area (Å²) in [4.78, 5) is 37.4. The van der Waals surface area contributed by atoms with Crippen molar-refractivity contribution >= 4 is 23.2 Å². The van der Waals surface area contributed by atoms with E-state index in [1.165, 1.54) is 24.3 Å². The van der Waals surface area contributed by atoms with Crippen LogP contribution < -0.4 is 10.6 Å². The lowest BCUT2D eigenvalue weighted by Crippen LogP contribution is -2.48. The monoisotopic (exact) mass is 442 g/mol. The topological polar surface area (TPSA) is 105 Å². The van der Waals surface area contributed by atoms with Crippen LogP contribution in [0.15, 0.2) is 48.5 Å². The lowest BCUT2D eigenvalue weighted by Gasteiger charge is -2.34. The van der Waals surface area contributed by atoms with E-state index < -0.39 is 11.0 Å². The first-order chi connectivity index (χ1) is 15.3. The van der Waals surface area contributed by atoms with Gasteiger partial charge in [-0.1, -0.05) is 24.3 Å². The van der Waals surface area contributed by atoms with Crippen molar-refractivity contribution in [3.05, 3.63) is 70.0 Å². The number of nitro benzene ring substituents is 1. The average Bonchev–Trinajstić information content (AvgIpc) is 2.80. The SMILES string of the molecule is CC(C(=O)Nc1cccc([N+](=O)[O-])c1)N1CCC(C(=O)NCCc2ccccc2F)CC1. The lowest BCUT2D eigenvalue weighted by molar-refractivity contribution is -0.384. The van der Waals surface area contributed by atoms with Crippen molar-refractivity contribution in [2.45, 2.75) is 32.2 Å². The maximum Gasteiger partial charge on any atom is 0.271 e. The van der Waals surface area contributed by atoms with Gasteiger partial charge in [0.2, 0.25) is 11.8 Å². The predicted molar refractivity (Wildman–Crippen MR) is 119 cm³/mol. The van der Waals surface area contributed by atoms with Gasteiger partial charge >= 0.3 is 0 Å². The molecule has 0 aliphatic carbocycles. The summed E-state index contributed by atoms with van der Waals surface area (Å²) in [7, 11) is 0. The largest absolute Gasteiger partial charge is 0.356 e. The summed E-state index contributed by atoms with van der Waals surface area (Å²) in [6.45, 7) is 3.34. The fourth-order valence-corrected chi connectivity index (χ4v) is 3.82. The van der Waals surface area contributed by atoms with E-state index in [-0.39, 0.29) is 29.2 Å². The molecular weight excluding hydrogens is 415 g/mol. The third kappa shape index (κ3) is 6.10. The van der Waals surface area contributed by atoms with Crippen LogP contribution in [-0.4, -0.2) is 47.3 Å². The quantitative estimate of drug-likeness (QED) is 0.483. The Morgan fingerprint density at radius 3 is 2.59 bits per heavy atom. The van der Waals surface area contributed by atoms with E-state index in [0.717, 1.165) is 0 Å². The maximum absolute atomic E-state index is 13.7. The van der Waals surface area contributed by atoms with Gasteiger partial charge in [-0.25, -0.2) is 4.39 Å². The van der Waals surface area contributed by atoms with Gasteiger partial charge in [-0.05, 0) is 57.0 Å². The molecule has 1 aliphatic heterocycles. The van der Waals surface area contributed by atoms with E-state index in [0.29, 0.717) is 50.1 Å². The highest BCUT2D eigenvalue weighted by Gasteiger charge is 2.29. The number of nitro groups is 1. The number of likely N-dealkylation sites (tertiary alicyclic amines) is 1. The van der Waals surface area contributed by atoms with Crippen molar-refractivity contribution in [1.82, 2.24) is 10.2 Å². The Labute approximate surface area is 185 Å². The van der Waals surface area contributed by atoms with Gasteiger partial charge in [-0.15, -0.1) is 0 Å². The van der Waals surface area contributed by atoms with Crippen LogP contribution in [0.5, 0.6) is 0 Å². The van der Waals surface area contributed by atoms with Crippen LogP contribution in [0.1, 0.15) is 25.3 Å². The molecule has 0 bridgehead atoms. The van der Waals surface area contributed by atoms with Crippen molar-refractivity contribution < 1.29 is 18.9 Å². The summed E-state index contributed by atoms with van der Waals surface area (Å²) >= 11 is 0. The van der Waals surface area contributed by atoms with Crippen LogP contribution in [0.2, 0.25) is 0 Å². The number of hydrogen-bond donors (Lipinski definition) is 2. The number of nitrogens with zero attached hydrogens (tertiary/aromatic N) is 2. The average molecular weight is 442 g/mol. The zero-order valence-corrected chi connectivity index (χ0v) is 17.9. The second-order valence-corrected chi connectivity index (χ2v) is 7.92. The van der Waals surface area contributed by atoms with Gasteiger partial charge in [-0.2, -0.15) is 0 Å². The molecule has 0 aromatic heterocycles. The summed E-state index contributed by atoms with van der Waals surface area (Å²) in [5.41, 5.74) is 0.864. The fourth-order valence-electron chi connectivity index (χ4n) is 3.82. The number of non-ortho nitro benzene ring substituents is 1. The van der Waals surface area contributed by atoms with Crippen molar-refractivity contribution in [2.75, 3.05) is 25.0 Å². The number of carbonyl (C=O) groups is 2. The third-order valence-electron chi connectivity index (χ3n) is 5.80. The van der Waals surface area contributed by atoms with E-state index in [1.807, 2.05) is 4.90 Å². The second-order valence-electron chi connectivity index (χ2n) is 7.92. The first-order valence-electron chi connectivity index (χ1n) is 10.7. The van der Waals surface area contributed by atoms with E-state index in [9.17, 15) is 24.1 Å². The zero-order chi connectivity index (χ0) is 23.1. The summed E-state index contributed by atoms with van der Waals surface area (Å²) in [5.74, 6) is -0.709. The molecule has 1 saturated heterocycles. The van der Waals surface area contributed by atoms with Crippen molar-refractivity contribution in [2.24, 2.45) is 5.92 Å². The van der Waals surface area contributed by atoms with Gasteiger partial charge in [0.15, 0.2) is 0 Å². The van der Waals surface area contributed by atoms with Crippen LogP contribution in [0.3, 0.4) is 0 Å². The number of piperidine rings is 1. The standard InChI is InChI=1S/C23H27FN4O4/c1-16(22(29)26-19-6-4-7-20(15-19)28(31)32)27-13-10-18(11-14-27)23(30)25-12-9-17-5-2-3-8-21(17)24/h2-8,15-16,18H,9-14H2,1H3,(H,25,30)(H,26,29). The first kappa shape index (κ1) is 23.3. The number of benzene rings is 2. The van der Waals surface area contributed by atoms with Crippen LogP contribution in [0.25, 0.3) is 0 Å². The predicted octanol–water partition coefficient (Wildman–Crippen LogP) is 3.13. The number of rotatable bonds is 8. The Morgan fingerprint density at radius 2 is 1.91 bits per heavy atom. The van der Waals surface area contributed by atoms with Crippen LogP contribution in [0, 0.1) is 21.8 Å². The molecule has 1 atom stereocenters. The second kappa shape index (κ2) is 10.8. The van der Waals surface area contributed by atoms with E-state index in [2.05, 4.69) is 10.6 Å². The number of hydrogen-bond acceptors (Lipinski definition) is 5. The van der Waals surface area contributed by atoms with Gasteiger partial charge in [0, 0.05) is 30.3 Å². The molecule has 1 fully saturated rings. The number of carbonyl (C=O) groups excluding carboxylic acids is 2. The molecule has 1 aliphatic rings. The van der Waals surface area contributed by atoms with Crippen molar-refractivity contribution in [3.63, 3.8) is 0 Å². The normalized spacial score (nSPS) is 15.7. The Kier molecular flexibility index (Phi) is 7.88. The van der Waals surface area contributed by atoms with Gasteiger partial charge in [0.05, 0.1) is 11.0 Å². The molecule has 32 heavy (non-hydrogen) atoms. The number of halogens is 1. The maximum atomic E-state index is 13.7. The molecule has 2 aromatic rings. The highest BCUT2D eigenvalue weighted by Crippen LogP contribution is 2.21. The highest BCUT2D eigenvalue weighted by molar-refractivity contribution is 5.94. The molecule has 1 unspecified atom stereocenters. The molecule has 170 valence electrons. The summed E-state index contributed by atoms with van der Waals surface area (Å²) in [6.07, 6.45) is 1.69. The van der Waals surface area contributed by atoms with Crippen molar-refractivity contribution in [1.29, 1.82) is 0 Å². The minimum atomic E-state index is -0.509. The molecule has 9 heteroatoms. The molecule has 0 spiro atoms. The summed E-state index contributed by atoms with van der Waals surface area (Å²) in [5, 5.41) is 16.5. The first-order valence-corrected chi connectivity index (χ1v) is 10.7. The van der Waals surface area contributed by atoms with Gasteiger partial charge < -0.3 is 10.6 Å². The smallest absolute Gasteiger partial charge is 0.271 e. The van der Waals surface area contributed by atoms with Gasteiger partial charge in [-0.3, -0.25) is 24.6 Å². The Hall–Kier alpha value is -3.33. The molecule has 0 radical (unpaired) electrons. The molecule has 8 nitrogen and oxygen atoms in total. The molecule has 2 aromatic carbocycles. The molecule has 0 saturated carbocycles. The Morgan fingerprint density at radius 1 is 1.19 bits per heavy atom. The van der Waals surface area contributed by atoms with Crippen molar-refractivity contribution in [3.8, 4) is 0 Å². The molecular formula is C23H27FN4O4. The molecule has 1 heterocycles. The van der Waals surface area contributed by atoms with E-state index >= 15 is 0 Å². The van der Waals surface area contributed by atoms with Crippen LogP contribution in [-0.2, 0) is 16.0 Å². The molecule has 2 amide bonds. The van der Waals surface area contributed by atoms with Crippen LogP contribution >= 0.6 is 0 Å². The number of amides is 2. The molecule has 2 N–H and O–H groups in total. The molecule has 3 rings (SSSR count). The zero-order valence-electron chi connectivity index (χ0n) is 17.9. The summed E-state index contributed by atoms with van der Waals surface area (Å²) in [6, 6.07) is 11.9. The third-order valence-corrected chi connectivity index (χ3v) is 5.80. The summed E-state index contributed by atoms with van der Waals surface area (Å²) < 4.78 is 13.7. The number of anilines is 1. The Balaban J connectivity index is 1.43. The van der Waals surface area contributed by atoms with Gasteiger partial charge in [0.1, 0.15) is 5.82 Å². The fraction of sp³-hybridized carbons (Fsp3) is 0.391. The lowest BCUT2D eigenvalue weighted by atomic mass is 9.94. The minimum absolute atomic E-state index is 0.0466. The number of nitrogens with one attached hydrogen (secondary N) is 2. The van der Waals surface area contributed by atoms with E-state index in [4.69, 9.17) is 0 Å². The minimum Gasteiger partial charge on any atom is -0.356 e. The van der Waals surface area contributed by atoms with Gasteiger partial charge in [0.25, 0.3) is 5.69 Å². The Bertz CT molecular complexity index is 976. The van der Waals surface area contributed by atoms with E-state index in [1.54, 1.807) is 31.2 Å².